The molecule has 0 unspecified atom stereocenters. The van der Waals surface area contributed by atoms with E-state index in [1.165, 1.54) is 0 Å². The lowest BCUT2D eigenvalue weighted by Gasteiger charge is -2.22. The molecule has 2 aromatic rings. The molecule has 0 fully saturated rings. The number of fused-ring (bicyclic) bond motifs is 1. The molecular formula is C16H24N4O. The number of nitrogens with two attached hydrogens (primary N) is 1. The predicted octanol–water partition coefficient (Wildman–Crippen LogP) is 2.39. The highest BCUT2D eigenvalue weighted by Gasteiger charge is 2.24. The second kappa shape index (κ2) is 5.39. The maximum Gasteiger partial charge on any atom is 0.242 e. The summed E-state index contributed by atoms with van der Waals surface area (Å²) in [6.45, 7) is 9.27. The van der Waals surface area contributed by atoms with Gasteiger partial charge in [-0.1, -0.05) is 20.8 Å². The third-order valence-electron chi connectivity index (χ3n) is 3.64. The predicted molar refractivity (Wildman–Crippen MR) is 86.2 cm³/mol. The maximum absolute atomic E-state index is 12.3. The van der Waals surface area contributed by atoms with Gasteiger partial charge in [0.25, 0.3) is 0 Å². The van der Waals surface area contributed by atoms with Crippen molar-refractivity contribution in [3.8, 4) is 0 Å². The van der Waals surface area contributed by atoms with Crippen molar-refractivity contribution < 1.29 is 4.79 Å². The second-order valence-electron chi connectivity index (χ2n) is 6.43. The van der Waals surface area contributed by atoms with Crippen molar-refractivity contribution in [1.82, 2.24) is 14.5 Å². The number of hydrogen-bond acceptors (Lipinski definition) is 3. The lowest BCUT2D eigenvalue weighted by Crippen LogP contribution is -2.31. The number of nitrogens with zero attached hydrogens (tertiary/aromatic N) is 3. The van der Waals surface area contributed by atoms with E-state index in [0.29, 0.717) is 18.8 Å². The number of rotatable bonds is 3. The van der Waals surface area contributed by atoms with Crippen LogP contribution < -0.4 is 5.73 Å². The van der Waals surface area contributed by atoms with E-state index < -0.39 is 0 Å². The van der Waals surface area contributed by atoms with Crippen LogP contribution in [0.3, 0.4) is 0 Å². The van der Waals surface area contributed by atoms with Crippen LogP contribution in [0.4, 0.5) is 5.69 Å². The number of carbonyl (C=O) groups excluding carboxylic acids is 1. The first-order chi connectivity index (χ1) is 9.74. The van der Waals surface area contributed by atoms with E-state index in [9.17, 15) is 4.79 Å². The van der Waals surface area contributed by atoms with Gasteiger partial charge in [-0.3, -0.25) is 4.79 Å². The average molecular weight is 288 g/mol. The number of amides is 1. The molecule has 2 N–H and O–H groups in total. The number of hydrogen-bond donors (Lipinski definition) is 1. The largest absolute Gasteiger partial charge is 0.399 e. The molecule has 0 saturated heterocycles. The zero-order chi connectivity index (χ0) is 15.8. The Morgan fingerprint density at radius 2 is 2.05 bits per heavy atom. The molecule has 114 valence electrons. The van der Waals surface area contributed by atoms with Crippen LogP contribution in [0.15, 0.2) is 18.2 Å². The van der Waals surface area contributed by atoms with E-state index >= 15 is 0 Å². The van der Waals surface area contributed by atoms with Crippen LogP contribution in [0.1, 0.15) is 33.5 Å². The minimum atomic E-state index is -0.140. The van der Waals surface area contributed by atoms with Crippen molar-refractivity contribution >= 4 is 22.6 Å². The molecule has 0 aliphatic rings. The normalized spacial score (nSPS) is 11.9. The highest BCUT2D eigenvalue weighted by molar-refractivity contribution is 5.83. The van der Waals surface area contributed by atoms with Crippen LogP contribution in [-0.2, 0) is 16.8 Å². The van der Waals surface area contributed by atoms with Crippen molar-refractivity contribution in [2.45, 2.75) is 39.7 Å². The number of carbonyl (C=O) groups is 1. The summed E-state index contributed by atoms with van der Waals surface area (Å²) in [4.78, 5) is 18.7. The molecule has 0 aliphatic heterocycles. The fraction of sp³-hybridized carbons (Fsp3) is 0.500. The Labute approximate surface area is 125 Å². The summed E-state index contributed by atoms with van der Waals surface area (Å²) in [5, 5.41) is 0. The summed E-state index contributed by atoms with van der Waals surface area (Å²) in [6.07, 6.45) is 0. The zero-order valence-electron chi connectivity index (χ0n) is 13.5. The molecule has 5 heteroatoms. The van der Waals surface area contributed by atoms with Crippen LogP contribution in [0, 0.1) is 0 Å². The smallest absolute Gasteiger partial charge is 0.242 e. The monoisotopic (exact) mass is 288 g/mol. The molecule has 21 heavy (non-hydrogen) atoms. The topological polar surface area (TPSA) is 64.2 Å². The van der Waals surface area contributed by atoms with E-state index in [4.69, 9.17) is 10.7 Å². The van der Waals surface area contributed by atoms with Gasteiger partial charge in [0.1, 0.15) is 12.4 Å². The summed E-state index contributed by atoms with van der Waals surface area (Å²) in [6, 6.07) is 5.64. The Hall–Kier alpha value is -2.04. The Balaban J connectivity index is 2.56. The third-order valence-corrected chi connectivity index (χ3v) is 3.64. The Kier molecular flexibility index (Phi) is 3.94. The van der Waals surface area contributed by atoms with Gasteiger partial charge >= 0.3 is 0 Å². The van der Waals surface area contributed by atoms with Gasteiger partial charge in [0.15, 0.2) is 0 Å². The Morgan fingerprint density at radius 1 is 1.38 bits per heavy atom. The van der Waals surface area contributed by atoms with E-state index in [1.807, 2.05) is 36.7 Å². The van der Waals surface area contributed by atoms with E-state index in [2.05, 4.69) is 20.8 Å². The molecule has 0 bridgehead atoms. The van der Waals surface area contributed by atoms with Crippen molar-refractivity contribution in [2.24, 2.45) is 0 Å². The van der Waals surface area contributed by atoms with Gasteiger partial charge in [-0.05, 0) is 25.1 Å². The number of likely N-dealkylation sites (N-methyl/N-ethyl adjacent to an activating group) is 1. The molecule has 0 radical (unpaired) electrons. The second-order valence-corrected chi connectivity index (χ2v) is 6.43. The van der Waals surface area contributed by atoms with Gasteiger partial charge < -0.3 is 15.2 Å². The molecule has 1 aromatic carbocycles. The van der Waals surface area contributed by atoms with Crippen molar-refractivity contribution in [3.63, 3.8) is 0 Å². The lowest BCUT2D eigenvalue weighted by atomic mass is 9.95. The SMILES string of the molecule is CCN(C)C(=O)Cn1c(C(C)(C)C)nc2cc(N)ccc21. The van der Waals surface area contributed by atoms with Crippen molar-refractivity contribution in [1.29, 1.82) is 0 Å². The fourth-order valence-electron chi connectivity index (χ4n) is 2.31. The maximum atomic E-state index is 12.3. The highest BCUT2D eigenvalue weighted by atomic mass is 16.2. The van der Waals surface area contributed by atoms with Crippen molar-refractivity contribution in [2.75, 3.05) is 19.3 Å². The quantitative estimate of drug-likeness (QED) is 0.882. The number of nitrogen functional groups attached to an aromatic ring is 1. The molecule has 0 atom stereocenters. The van der Waals surface area contributed by atoms with E-state index in [1.54, 1.807) is 4.90 Å². The summed E-state index contributed by atoms with van der Waals surface area (Å²) in [5.74, 6) is 0.986. The van der Waals surface area contributed by atoms with E-state index in [-0.39, 0.29) is 11.3 Å². The minimum Gasteiger partial charge on any atom is -0.399 e. The van der Waals surface area contributed by atoms with Crippen LogP contribution >= 0.6 is 0 Å². The van der Waals surface area contributed by atoms with Crippen LogP contribution in [-0.4, -0.2) is 34.0 Å². The third kappa shape index (κ3) is 3.01. The van der Waals surface area contributed by atoms with E-state index in [0.717, 1.165) is 16.9 Å². The summed E-state index contributed by atoms with van der Waals surface area (Å²) < 4.78 is 2.00. The van der Waals surface area contributed by atoms with Gasteiger partial charge in [-0.15, -0.1) is 0 Å². The van der Waals surface area contributed by atoms with Crippen LogP contribution in [0.5, 0.6) is 0 Å². The van der Waals surface area contributed by atoms with Gasteiger partial charge in [0.2, 0.25) is 5.91 Å². The number of anilines is 1. The molecule has 0 spiro atoms. The molecule has 0 saturated carbocycles. The van der Waals surface area contributed by atoms with Crippen LogP contribution in [0.2, 0.25) is 0 Å². The molecule has 1 aromatic heterocycles. The van der Waals surface area contributed by atoms with Crippen molar-refractivity contribution in [3.05, 3.63) is 24.0 Å². The Morgan fingerprint density at radius 3 is 2.62 bits per heavy atom. The highest BCUT2D eigenvalue weighted by Crippen LogP contribution is 2.27. The van der Waals surface area contributed by atoms with Gasteiger partial charge in [0.05, 0.1) is 11.0 Å². The summed E-state index contributed by atoms with van der Waals surface area (Å²) >= 11 is 0. The fourth-order valence-corrected chi connectivity index (χ4v) is 2.31. The summed E-state index contributed by atoms with van der Waals surface area (Å²) in [7, 11) is 1.82. The lowest BCUT2D eigenvalue weighted by molar-refractivity contribution is -0.130. The minimum absolute atomic E-state index is 0.0825. The van der Waals surface area contributed by atoms with Crippen LogP contribution in [0.25, 0.3) is 11.0 Å². The van der Waals surface area contributed by atoms with Gasteiger partial charge in [-0.25, -0.2) is 4.98 Å². The average Bonchev–Trinajstić information content (AvgIpc) is 2.75. The standard InChI is InChI=1S/C16H24N4O/c1-6-19(5)14(21)10-20-13-8-7-11(17)9-12(13)18-15(20)16(2,3)4/h7-9H,6,10,17H2,1-5H3. The first-order valence-corrected chi connectivity index (χ1v) is 7.24. The molecule has 1 heterocycles. The molecule has 1 amide bonds. The summed E-state index contributed by atoms with van der Waals surface area (Å²) in [5.41, 5.74) is 8.17. The van der Waals surface area contributed by atoms with Gasteiger partial charge in [-0.2, -0.15) is 0 Å². The molecule has 2 rings (SSSR count). The number of aromatic nitrogens is 2. The zero-order valence-corrected chi connectivity index (χ0v) is 13.5. The Bertz CT molecular complexity index is 667. The molecular weight excluding hydrogens is 264 g/mol. The molecule has 0 aliphatic carbocycles. The van der Waals surface area contributed by atoms with Gasteiger partial charge in [0, 0.05) is 24.7 Å². The first-order valence-electron chi connectivity index (χ1n) is 7.24. The molecule has 5 nitrogen and oxygen atoms in total. The first kappa shape index (κ1) is 15.4. The number of benzene rings is 1. The number of imidazole rings is 1.